The van der Waals surface area contributed by atoms with Gasteiger partial charge in [0.15, 0.2) is 10.8 Å². The van der Waals surface area contributed by atoms with Gasteiger partial charge in [-0.25, -0.2) is 4.98 Å². The summed E-state index contributed by atoms with van der Waals surface area (Å²) in [6.45, 7) is 0.887. The predicted molar refractivity (Wildman–Crippen MR) is 122 cm³/mol. The molecule has 1 aromatic carbocycles. The normalized spacial score (nSPS) is 16.5. The highest BCUT2D eigenvalue weighted by Gasteiger charge is 2.33. The molecule has 1 atom stereocenters. The summed E-state index contributed by atoms with van der Waals surface area (Å²) in [7, 11) is 0. The first kappa shape index (κ1) is 20.0. The van der Waals surface area contributed by atoms with E-state index in [0.717, 1.165) is 28.1 Å². The number of carbonyl (C=O) groups excluding carboxylic acids is 2. The number of piperidine rings is 1. The molecular weight excluding hydrogens is 430 g/mol. The third-order valence-electron chi connectivity index (χ3n) is 5.40. The maximum Gasteiger partial charge on any atom is 0.264 e. The maximum absolute atomic E-state index is 12.9. The molecule has 1 unspecified atom stereocenters. The van der Waals surface area contributed by atoms with Gasteiger partial charge in [-0.1, -0.05) is 18.2 Å². The number of nitrogens with zero attached hydrogens (tertiary/aromatic N) is 2. The van der Waals surface area contributed by atoms with Crippen LogP contribution in [0, 0.1) is 0 Å². The van der Waals surface area contributed by atoms with E-state index in [9.17, 15) is 9.59 Å². The second kappa shape index (κ2) is 8.64. The smallest absolute Gasteiger partial charge is 0.264 e. The van der Waals surface area contributed by atoms with E-state index in [2.05, 4.69) is 10.3 Å². The number of hydrogen-bond donors (Lipinski definition) is 1. The summed E-state index contributed by atoms with van der Waals surface area (Å²) in [5.41, 5.74) is 0.946. The number of rotatable bonds is 5. The number of aromatic nitrogens is 1. The summed E-state index contributed by atoms with van der Waals surface area (Å²) >= 11 is 2.99. The van der Waals surface area contributed by atoms with Gasteiger partial charge in [0.1, 0.15) is 11.8 Å². The Hall–Kier alpha value is -2.97. The highest BCUT2D eigenvalue weighted by molar-refractivity contribution is 7.21. The van der Waals surface area contributed by atoms with Gasteiger partial charge in [0.2, 0.25) is 5.91 Å². The SMILES string of the molecule is O=C(NCc1ccc(-c2nc3ccccc3s2)o1)C1CCCCN1C(=O)c1cccs1. The molecular formula is C23H21N3O3S2. The zero-order chi connectivity index (χ0) is 21.2. The number of hydrogen-bond acceptors (Lipinski definition) is 6. The van der Waals surface area contributed by atoms with Crippen LogP contribution in [-0.4, -0.2) is 34.3 Å². The van der Waals surface area contributed by atoms with E-state index in [4.69, 9.17) is 4.42 Å². The highest BCUT2D eigenvalue weighted by Crippen LogP contribution is 2.31. The van der Waals surface area contributed by atoms with Crippen LogP contribution in [0.3, 0.4) is 0 Å². The molecule has 5 rings (SSSR count). The van der Waals surface area contributed by atoms with Crippen LogP contribution in [0.25, 0.3) is 21.0 Å². The molecule has 8 heteroatoms. The van der Waals surface area contributed by atoms with Crippen LogP contribution < -0.4 is 5.32 Å². The van der Waals surface area contributed by atoms with Crippen molar-refractivity contribution in [2.45, 2.75) is 31.8 Å². The number of fused-ring (bicyclic) bond motifs is 1. The Morgan fingerprint density at radius 1 is 1.13 bits per heavy atom. The molecule has 0 radical (unpaired) electrons. The summed E-state index contributed by atoms with van der Waals surface area (Å²) in [4.78, 5) is 32.7. The molecule has 0 bridgehead atoms. The fourth-order valence-electron chi connectivity index (χ4n) is 3.85. The Morgan fingerprint density at radius 3 is 2.87 bits per heavy atom. The van der Waals surface area contributed by atoms with Crippen molar-refractivity contribution < 1.29 is 14.0 Å². The van der Waals surface area contributed by atoms with E-state index < -0.39 is 6.04 Å². The summed E-state index contributed by atoms with van der Waals surface area (Å²) in [6, 6.07) is 14.9. The van der Waals surface area contributed by atoms with E-state index in [0.29, 0.717) is 29.4 Å². The Morgan fingerprint density at radius 2 is 2.03 bits per heavy atom. The van der Waals surface area contributed by atoms with Crippen molar-refractivity contribution in [3.63, 3.8) is 0 Å². The molecule has 1 aliphatic rings. The second-order valence-electron chi connectivity index (χ2n) is 7.46. The first-order valence-electron chi connectivity index (χ1n) is 10.3. The van der Waals surface area contributed by atoms with Gasteiger partial charge in [-0.3, -0.25) is 9.59 Å². The monoisotopic (exact) mass is 451 g/mol. The molecule has 0 saturated carbocycles. The molecule has 158 valence electrons. The van der Waals surface area contributed by atoms with E-state index in [-0.39, 0.29) is 18.4 Å². The Labute approximate surface area is 187 Å². The number of likely N-dealkylation sites (tertiary alicyclic amines) is 1. The van der Waals surface area contributed by atoms with E-state index in [1.807, 2.05) is 53.9 Å². The molecule has 3 aromatic heterocycles. The first-order valence-corrected chi connectivity index (χ1v) is 12.0. The number of benzene rings is 1. The summed E-state index contributed by atoms with van der Waals surface area (Å²) in [5.74, 6) is 1.15. The van der Waals surface area contributed by atoms with Crippen LogP contribution in [0.1, 0.15) is 34.7 Å². The summed E-state index contributed by atoms with van der Waals surface area (Å²) in [6.07, 6.45) is 2.54. The number of amides is 2. The summed E-state index contributed by atoms with van der Waals surface area (Å²) in [5, 5.41) is 5.65. The first-order chi connectivity index (χ1) is 15.2. The molecule has 1 N–H and O–H groups in total. The lowest BCUT2D eigenvalue weighted by molar-refractivity contribution is -0.126. The number of carbonyl (C=O) groups is 2. The molecule has 4 aromatic rings. The van der Waals surface area contributed by atoms with Crippen molar-refractivity contribution in [1.29, 1.82) is 0 Å². The summed E-state index contributed by atoms with van der Waals surface area (Å²) < 4.78 is 7.03. The van der Waals surface area contributed by atoms with Crippen molar-refractivity contribution in [1.82, 2.24) is 15.2 Å². The second-order valence-corrected chi connectivity index (χ2v) is 9.44. The Bertz CT molecular complexity index is 1180. The lowest BCUT2D eigenvalue weighted by Gasteiger charge is -2.34. The van der Waals surface area contributed by atoms with Crippen LogP contribution in [0.2, 0.25) is 0 Å². The number of para-hydroxylation sites is 1. The molecule has 4 heterocycles. The van der Waals surface area contributed by atoms with Crippen LogP contribution in [0.5, 0.6) is 0 Å². The van der Waals surface area contributed by atoms with E-state index in [1.54, 1.807) is 16.2 Å². The predicted octanol–water partition coefficient (Wildman–Crippen LogP) is 4.93. The number of nitrogens with one attached hydrogen (secondary N) is 1. The quantitative estimate of drug-likeness (QED) is 0.467. The largest absolute Gasteiger partial charge is 0.457 e. The molecule has 0 spiro atoms. The van der Waals surface area contributed by atoms with Gasteiger partial charge in [0.25, 0.3) is 5.91 Å². The van der Waals surface area contributed by atoms with Crippen molar-refractivity contribution in [2.24, 2.45) is 0 Å². The van der Waals surface area contributed by atoms with Crippen molar-refractivity contribution in [3.8, 4) is 10.8 Å². The lowest BCUT2D eigenvalue weighted by Crippen LogP contribution is -2.51. The Kier molecular flexibility index (Phi) is 5.57. The van der Waals surface area contributed by atoms with Gasteiger partial charge < -0.3 is 14.6 Å². The zero-order valence-electron chi connectivity index (χ0n) is 16.7. The molecule has 1 fully saturated rings. The van der Waals surface area contributed by atoms with Crippen LogP contribution >= 0.6 is 22.7 Å². The van der Waals surface area contributed by atoms with Crippen LogP contribution in [0.4, 0.5) is 0 Å². The van der Waals surface area contributed by atoms with Gasteiger partial charge in [0, 0.05) is 6.54 Å². The van der Waals surface area contributed by atoms with Gasteiger partial charge >= 0.3 is 0 Å². The van der Waals surface area contributed by atoms with Gasteiger partial charge in [-0.05, 0) is 55.0 Å². The molecule has 1 saturated heterocycles. The van der Waals surface area contributed by atoms with Crippen molar-refractivity contribution >= 4 is 44.7 Å². The van der Waals surface area contributed by atoms with Crippen LogP contribution in [-0.2, 0) is 11.3 Å². The minimum Gasteiger partial charge on any atom is -0.457 e. The minimum atomic E-state index is -0.443. The van der Waals surface area contributed by atoms with E-state index in [1.165, 1.54) is 11.3 Å². The van der Waals surface area contributed by atoms with Gasteiger partial charge in [-0.15, -0.1) is 22.7 Å². The van der Waals surface area contributed by atoms with Gasteiger partial charge in [-0.2, -0.15) is 0 Å². The number of thiophene rings is 1. The highest BCUT2D eigenvalue weighted by atomic mass is 32.1. The third-order valence-corrected chi connectivity index (χ3v) is 7.31. The van der Waals surface area contributed by atoms with Gasteiger partial charge in [0.05, 0.1) is 21.6 Å². The molecule has 1 aliphatic heterocycles. The maximum atomic E-state index is 12.9. The average Bonchev–Trinajstić information content (AvgIpc) is 3.57. The van der Waals surface area contributed by atoms with Crippen molar-refractivity contribution in [3.05, 3.63) is 64.5 Å². The molecule has 6 nitrogen and oxygen atoms in total. The fraction of sp³-hybridized carbons (Fsp3) is 0.261. The van der Waals surface area contributed by atoms with E-state index >= 15 is 0 Å². The topological polar surface area (TPSA) is 75.4 Å². The zero-order valence-corrected chi connectivity index (χ0v) is 18.4. The van der Waals surface area contributed by atoms with Crippen LogP contribution in [0.15, 0.2) is 58.3 Å². The Balaban J connectivity index is 1.25. The molecule has 0 aliphatic carbocycles. The minimum absolute atomic E-state index is 0.0639. The lowest BCUT2D eigenvalue weighted by atomic mass is 10.0. The average molecular weight is 452 g/mol. The van der Waals surface area contributed by atoms with Crippen molar-refractivity contribution in [2.75, 3.05) is 6.54 Å². The fourth-order valence-corrected chi connectivity index (χ4v) is 5.45. The molecule has 31 heavy (non-hydrogen) atoms. The molecule has 2 amide bonds. The number of thiazole rings is 1. The number of furan rings is 1. The third kappa shape index (κ3) is 4.13. The standard InChI is InChI=1S/C23H21N3O3S2/c27-21(17-7-3-4-12-26(17)23(28)20-9-5-13-30-20)24-14-15-10-11-18(29-15)22-25-16-6-1-2-8-19(16)31-22/h1-2,5-6,8-11,13,17H,3-4,7,12,14H2,(H,24,27).